The Morgan fingerprint density at radius 1 is 1.20 bits per heavy atom. The first-order valence-electron chi connectivity index (χ1n) is 8.32. The van der Waals surface area contributed by atoms with Crippen LogP contribution in [0.25, 0.3) is 0 Å². The van der Waals surface area contributed by atoms with Crippen molar-refractivity contribution in [3.8, 4) is 0 Å². The normalized spacial score (nSPS) is 16.5. The average molecular weight is 341 g/mol. The molecular weight excluding hydrogens is 318 g/mol. The van der Waals surface area contributed by atoms with Gasteiger partial charge in [-0.2, -0.15) is 0 Å². The van der Waals surface area contributed by atoms with Crippen LogP contribution in [0, 0.1) is 13.8 Å². The fourth-order valence-corrected chi connectivity index (χ4v) is 3.16. The summed E-state index contributed by atoms with van der Waals surface area (Å²) in [6, 6.07) is 7.28. The summed E-state index contributed by atoms with van der Waals surface area (Å²) in [5.74, 6) is 1.33. The molecule has 0 saturated heterocycles. The van der Waals surface area contributed by atoms with Crippen LogP contribution < -0.4 is 0 Å². The van der Waals surface area contributed by atoms with Crippen molar-refractivity contribution >= 4 is 11.8 Å². The molecule has 0 saturated carbocycles. The van der Waals surface area contributed by atoms with Crippen molar-refractivity contribution in [1.82, 2.24) is 24.6 Å². The van der Waals surface area contributed by atoms with Gasteiger partial charge in [-0.05, 0) is 25.0 Å². The van der Waals surface area contributed by atoms with Gasteiger partial charge in [-0.1, -0.05) is 24.3 Å². The third-order valence-electron chi connectivity index (χ3n) is 4.70. The van der Waals surface area contributed by atoms with E-state index in [0.717, 1.165) is 22.8 Å². The summed E-state index contributed by atoms with van der Waals surface area (Å²) in [4.78, 5) is 28.8. The number of fused-ring (bicyclic) bond motifs is 1. The van der Waals surface area contributed by atoms with Crippen LogP contribution in [0.15, 0.2) is 24.3 Å². The number of carbonyl (C=O) groups is 2. The number of rotatable bonds is 3. The van der Waals surface area contributed by atoms with Crippen LogP contribution in [-0.2, 0) is 29.1 Å². The zero-order chi connectivity index (χ0) is 18.1. The SMILES string of the molecule is Cc1ccccc1CC(=O)N1Cc2nnc(C)n2CC1C(=O)N(C)C. The number of nitrogens with zero attached hydrogens (tertiary/aromatic N) is 5. The van der Waals surface area contributed by atoms with Crippen LogP contribution in [0.4, 0.5) is 0 Å². The largest absolute Gasteiger partial charge is 0.347 e. The van der Waals surface area contributed by atoms with Crippen LogP contribution in [0.3, 0.4) is 0 Å². The second kappa shape index (κ2) is 6.66. The van der Waals surface area contributed by atoms with Crippen molar-refractivity contribution in [3.05, 3.63) is 47.0 Å². The summed E-state index contributed by atoms with van der Waals surface area (Å²) in [6.45, 7) is 4.54. The van der Waals surface area contributed by atoms with Crippen LogP contribution in [0.5, 0.6) is 0 Å². The highest BCUT2D eigenvalue weighted by atomic mass is 16.2. The zero-order valence-electron chi connectivity index (χ0n) is 15.1. The lowest BCUT2D eigenvalue weighted by Crippen LogP contribution is -2.54. The Morgan fingerprint density at radius 3 is 2.60 bits per heavy atom. The van der Waals surface area contributed by atoms with Crippen LogP contribution >= 0.6 is 0 Å². The zero-order valence-corrected chi connectivity index (χ0v) is 15.1. The summed E-state index contributed by atoms with van der Waals surface area (Å²) in [7, 11) is 3.42. The predicted octanol–water partition coefficient (Wildman–Crippen LogP) is 0.937. The van der Waals surface area contributed by atoms with Crippen LogP contribution in [-0.4, -0.2) is 56.5 Å². The Kier molecular flexibility index (Phi) is 4.57. The van der Waals surface area contributed by atoms with Crippen molar-refractivity contribution in [1.29, 1.82) is 0 Å². The standard InChI is InChI=1S/C18H23N5O2/c1-12-7-5-6-8-14(12)9-17(24)23-11-16-20-19-13(2)22(16)10-15(23)18(25)21(3)4/h5-8,15H,9-11H2,1-4H3. The van der Waals surface area contributed by atoms with Gasteiger partial charge >= 0.3 is 0 Å². The molecular formula is C18H23N5O2. The third kappa shape index (κ3) is 3.26. The predicted molar refractivity (Wildman–Crippen MR) is 92.7 cm³/mol. The van der Waals surface area contributed by atoms with Gasteiger partial charge in [0, 0.05) is 14.1 Å². The van der Waals surface area contributed by atoms with Gasteiger partial charge in [0.25, 0.3) is 0 Å². The number of aryl methyl sites for hydroxylation is 2. The minimum absolute atomic E-state index is 0.0681. The lowest BCUT2D eigenvalue weighted by molar-refractivity contribution is -0.146. The number of amides is 2. The first-order chi connectivity index (χ1) is 11.9. The lowest BCUT2D eigenvalue weighted by Gasteiger charge is -2.36. The molecule has 0 aliphatic carbocycles. The van der Waals surface area contributed by atoms with Gasteiger partial charge in [0.1, 0.15) is 11.9 Å². The second-order valence-corrected chi connectivity index (χ2v) is 6.65. The highest BCUT2D eigenvalue weighted by molar-refractivity contribution is 5.88. The monoisotopic (exact) mass is 341 g/mol. The maximum atomic E-state index is 13.0. The molecule has 7 heteroatoms. The van der Waals surface area contributed by atoms with Gasteiger partial charge in [0.15, 0.2) is 5.82 Å². The molecule has 0 radical (unpaired) electrons. The van der Waals surface area contributed by atoms with E-state index in [9.17, 15) is 9.59 Å². The van der Waals surface area contributed by atoms with Crippen molar-refractivity contribution in [3.63, 3.8) is 0 Å². The van der Waals surface area contributed by atoms with Gasteiger partial charge in [-0.3, -0.25) is 9.59 Å². The molecule has 0 bridgehead atoms. The maximum Gasteiger partial charge on any atom is 0.246 e. The molecule has 2 amide bonds. The van der Waals surface area contributed by atoms with E-state index in [1.165, 1.54) is 4.90 Å². The Bertz CT molecular complexity index is 812. The summed E-state index contributed by atoms with van der Waals surface area (Å²) in [6.07, 6.45) is 0.275. The Balaban J connectivity index is 1.89. The highest BCUT2D eigenvalue weighted by Crippen LogP contribution is 2.21. The van der Waals surface area contributed by atoms with E-state index in [1.807, 2.05) is 42.7 Å². The molecule has 0 spiro atoms. The molecule has 25 heavy (non-hydrogen) atoms. The Hall–Kier alpha value is -2.70. The summed E-state index contributed by atoms with van der Waals surface area (Å²) >= 11 is 0. The molecule has 1 atom stereocenters. The van der Waals surface area contributed by atoms with Gasteiger partial charge < -0.3 is 14.4 Å². The molecule has 1 aromatic heterocycles. The molecule has 0 fully saturated rings. The molecule has 2 aromatic rings. The quantitative estimate of drug-likeness (QED) is 0.833. The minimum Gasteiger partial charge on any atom is -0.347 e. The Morgan fingerprint density at radius 2 is 1.92 bits per heavy atom. The molecule has 1 aliphatic heterocycles. The van der Waals surface area contributed by atoms with Gasteiger partial charge in [-0.25, -0.2) is 0 Å². The second-order valence-electron chi connectivity index (χ2n) is 6.65. The Labute approximate surface area is 147 Å². The van der Waals surface area contributed by atoms with Crippen LogP contribution in [0.2, 0.25) is 0 Å². The number of likely N-dealkylation sites (N-methyl/N-ethyl adjacent to an activating group) is 1. The van der Waals surface area contributed by atoms with Gasteiger partial charge in [0.05, 0.1) is 19.5 Å². The van der Waals surface area contributed by atoms with E-state index in [2.05, 4.69) is 10.2 Å². The molecule has 1 aromatic carbocycles. The maximum absolute atomic E-state index is 13.0. The summed E-state index contributed by atoms with van der Waals surface area (Å²) < 4.78 is 1.92. The van der Waals surface area contributed by atoms with Gasteiger partial charge in [0.2, 0.25) is 11.8 Å². The third-order valence-corrected chi connectivity index (χ3v) is 4.70. The molecule has 0 N–H and O–H groups in total. The average Bonchev–Trinajstić information content (AvgIpc) is 2.95. The minimum atomic E-state index is -0.534. The fourth-order valence-electron chi connectivity index (χ4n) is 3.16. The van der Waals surface area contributed by atoms with E-state index >= 15 is 0 Å². The molecule has 132 valence electrons. The number of carbonyl (C=O) groups excluding carboxylic acids is 2. The molecule has 3 rings (SSSR count). The topological polar surface area (TPSA) is 71.3 Å². The summed E-state index contributed by atoms with van der Waals surface area (Å²) in [5, 5.41) is 8.23. The number of hydrogen-bond donors (Lipinski definition) is 0. The summed E-state index contributed by atoms with van der Waals surface area (Å²) in [5.41, 5.74) is 2.05. The van der Waals surface area contributed by atoms with Crippen molar-refractivity contribution in [2.24, 2.45) is 0 Å². The van der Waals surface area contributed by atoms with E-state index in [-0.39, 0.29) is 18.2 Å². The first-order valence-corrected chi connectivity index (χ1v) is 8.32. The first kappa shape index (κ1) is 17.1. The molecule has 1 aliphatic rings. The van der Waals surface area contributed by atoms with Crippen molar-refractivity contribution in [2.45, 2.75) is 39.4 Å². The molecule has 7 nitrogen and oxygen atoms in total. The van der Waals surface area contributed by atoms with E-state index < -0.39 is 6.04 Å². The lowest BCUT2D eigenvalue weighted by atomic mass is 10.0. The van der Waals surface area contributed by atoms with Crippen LogP contribution in [0.1, 0.15) is 22.8 Å². The molecule has 1 unspecified atom stereocenters. The number of benzene rings is 1. The van der Waals surface area contributed by atoms with E-state index in [4.69, 9.17) is 0 Å². The number of aromatic nitrogens is 3. The van der Waals surface area contributed by atoms with E-state index in [1.54, 1.807) is 19.0 Å². The molecule has 2 heterocycles. The van der Waals surface area contributed by atoms with Crippen molar-refractivity contribution < 1.29 is 9.59 Å². The van der Waals surface area contributed by atoms with Gasteiger partial charge in [-0.15, -0.1) is 10.2 Å². The smallest absolute Gasteiger partial charge is 0.246 e. The van der Waals surface area contributed by atoms with Crippen molar-refractivity contribution in [2.75, 3.05) is 14.1 Å². The number of hydrogen-bond acceptors (Lipinski definition) is 4. The fraction of sp³-hybridized carbons (Fsp3) is 0.444. The highest BCUT2D eigenvalue weighted by Gasteiger charge is 2.37. The van der Waals surface area contributed by atoms with E-state index in [0.29, 0.717) is 13.1 Å².